The monoisotopic (exact) mass is 653 g/mol. The fourth-order valence-corrected chi connectivity index (χ4v) is 8.65. The molecule has 0 radical (unpaired) electrons. The first-order chi connectivity index (χ1) is 22.0. The summed E-state index contributed by atoms with van der Waals surface area (Å²) in [5.41, 5.74) is 0.661. The predicted molar refractivity (Wildman–Crippen MR) is 168 cm³/mol. The average molecular weight is 654 g/mol. The minimum Gasteiger partial charge on any atom is -0.493 e. The van der Waals surface area contributed by atoms with Crippen molar-refractivity contribution in [1.29, 1.82) is 0 Å². The molecule has 1 unspecified atom stereocenters. The van der Waals surface area contributed by atoms with Gasteiger partial charge in [-0.1, -0.05) is 6.07 Å². The summed E-state index contributed by atoms with van der Waals surface area (Å²) < 4.78 is 60.9. The first kappa shape index (κ1) is 30.6. The molecule has 1 atom stereocenters. The number of nitrogens with zero attached hydrogens (tertiary/aromatic N) is 6. The molecule has 2 aliphatic heterocycles. The van der Waals surface area contributed by atoms with Crippen LogP contribution in [0.4, 0.5) is 14.7 Å². The zero-order valence-electron chi connectivity index (χ0n) is 25.6. The van der Waals surface area contributed by atoms with Crippen molar-refractivity contribution in [2.75, 3.05) is 30.0 Å². The van der Waals surface area contributed by atoms with Gasteiger partial charge in [0, 0.05) is 61.9 Å². The van der Waals surface area contributed by atoms with Crippen molar-refractivity contribution < 1.29 is 26.7 Å². The van der Waals surface area contributed by atoms with E-state index in [1.807, 2.05) is 41.1 Å². The Morgan fingerprint density at radius 3 is 2.67 bits per heavy atom. The largest absolute Gasteiger partial charge is 0.493 e. The number of carbonyl (C=O) groups excluding carboxylic acids is 1. The SMILES string of the molecule is CC(F)(F)c1cn2c(n1)CN(C(=O)C1CCC(Nc3nccc(-n4ccc5c(OCC6CCS(=O)(=O)C6)cccc54)n3)CC1)CC2. The molecule has 4 aromatic rings. The highest BCUT2D eigenvalue weighted by Gasteiger charge is 2.34. The van der Waals surface area contributed by atoms with Gasteiger partial charge in [-0.15, -0.1) is 0 Å². The van der Waals surface area contributed by atoms with E-state index in [2.05, 4.69) is 15.3 Å². The van der Waals surface area contributed by atoms with E-state index in [-0.39, 0.29) is 47.5 Å². The van der Waals surface area contributed by atoms with Crippen LogP contribution in [-0.2, 0) is 33.6 Å². The summed E-state index contributed by atoms with van der Waals surface area (Å²) in [6.07, 6.45) is 8.68. The second-order valence-electron chi connectivity index (χ2n) is 12.8. The molecular weight excluding hydrogens is 616 g/mol. The Morgan fingerprint density at radius 1 is 1.09 bits per heavy atom. The molecule has 1 saturated carbocycles. The molecule has 1 aromatic carbocycles. The van der Waals surface area contributed by atoms with E-state index in [1.54, 1.807) is 15.7 Å². The van der Waals surface area contributed by atoms with Crippen LogP contribution in [0.5, 0.6) is 5.75 Å². The molecule has 1 amide bonds. The van der Waals surface area contributed by atoms with Crippen LogP contribution in [0.1, 0.15) is 50.5 Å². The highest BCUT2D eigenvalue weighted by Crippen LogP contribution is 2.32. The van der Waals surface area contributed by atoms with Crippen LogP contribution < -0.4 is 10.1 Å². The molecule has 244 valence electrons. The molecule has 1 aliphatic carbocycles. The second kappa shape index (κ2) is 11.9. The van der Waals surface area contributed by atoms with Crippen molar-refractivity contribution in [3.8, 4) is 11.6 Å². The predicted octanol–water partition coefficient (Wildman–Crippen LogP) is 4.56. The van der Waals surface area contributed by atoms with Gasteiger partial charge in [0.15, 0.2) is 9.84 Å². The van der Waals surface area contributed by atoms with E-state index in [1.165, 1.54) is 6.20 Å². The summed E-state index contributed by atoms with van der Waals surface area (Å²) in [6.45, 7) is 2.41. The molecule has 11 nitrogen and oxygen atoms in total. The lowest BCUT2D eigenvalue weighted by molar-refractivity contribution is -0.138. The third-order valence-corrected chi connectivity index (χ3v) is 11.2. The van der Waals surface area contributed by atoms with Crippen molar-refractivity contribution >= 4 is 32.6 Å². The van der Waals surface area contributed by atoms with Crippen LogP contribution >= 0.6 is 0 Å². The van der Waals surface area contributed by atoms with Crippen molar-refractivity contribution in [3.63, 3.8) is 0 Å². The van der Waals surface area contributed by atoms with Gasteiger partial charge in [-0.25, -0.2) is 18.4 Å². The molecule has 3 aliphatic rings. The van der Waals surface area contributed by atoms with Gasteiger partial charge < -0.3 is 24.1 Å². The third kappa shape index (κ3) is 6.31. The lowest BCUT2D eigenvalue weighted by Gasteiger charge is -2.34. The molecular formula is C32H37F2N7O4S. The Hall–Kier alpha value is -4.07. The second-order valence-corrected chi connectivity index (χ2v) is 15.0. The molecule has 0 spiro atoms. The number of carbonyl (C=O) groups is 1. The van der Waals surface area contributed by atoms with Crippen molar-refractivity contribution in [2.24, 2.45) is 11.8 Å². The molecule has 1 N–H and O–H groups in total. The quantitative estimate of drug-likeness (QED) is 0.294. The van der Waals surface area contributed by atoms with Crippen LogP contribution in [0.25, 0.3) is 16.7 Å². The Morgan fingerprint density at radius 2 is 1.91 bits per heavy atom. The molecule has 7 rings (SSSR count). The van der Waals surface area contributed by atoms with Crippen LogP contribution in [-0.4, -0.2) is 74.0 Å². The fraction of sp³-hybridized carbons (Fsp3) is 0.500. The summed E-state index contributed by atoms with van der Waals surface area (Å²) >= 11 is 0. The van der Waals surface area contributed by atoms with Crippen LogP contribution in [0.15, 0.2) is 48.9 Å². The number of aromatic nitrogens is 5. The van der Waals surface area contributed by atoms with Crippen LogP contribution in [0.2, 0.25) is 0 Å². The molecule has 1 saturated heterocycles. The number of halogens is 2. The highest BCUT2D eigenvalue weighted by molar-refractivity contribution is 7.91. The van der Waals surface area contributed by atoms with E-state index in [0.717, 1.165) is 43.5 Å². The minimum atomic E-state index is -3.01. The number of ether oxygens (including phenoxy) is 1. The summed E-state index contributed by atoms with van der Waals surface area (Å²) in [7, 11) is -2.96. The normalized spacial score (nSPS) is 22.9. The number of benzene rings is 1. The Labute approximate surface area is 265 Å². The number of amides is 1. The Kier molecular flexibility index (Phi) is 7.94. The van der Waals surface area contributed by atoms with E-state index in [9.17, 15) is 22.0 Å². The molecule has 46 heavy (non-hydrogen) atoms. The van der Waals surface area contributed by atoms with E-state index in [0.29, 0.717) is 49.5 Å². The Bertz CT molecular complexity index is 1860. The maximum atomic E-state index is 13.7. The minimum absolute atomic E-state index is 0.00796. The smallest absolute Gasteiger partial charge is 0.288 e. The molecule has 2 fully saturated rings. The maximum Gasteiger partial charge on any atom is 0.288 e. The molecule has 0 bridgehead atoms. The standard InChI is InChI=1S/C32H37F2N7O4S/c1-32(33,34)27-17-39-14-15-40(18-29(39)37-27)30(42)22-5-7-23(8-6-22)36-31-35-12-9-28(38-31)41-13-10-24-25(41)3-2-4-26(24)45-19-21-11-16-46(43,44)20-21/h2-4,9-10,12-13,17,21-23H,5-8,11,14-16,18-20H2,1H3,(H,35,36,38). The number of imidazole rings is 1. The van der Waals surface area contributed by atoms with E-state index < -0.39 is 15.8 Å². The van der Waals surface area contributed by atoms with Gasteiger partial charge >= 0.3 is 0 Å². The number of sulfone groups is 1. The zero-order chi connectivity index (χ0) is 32.1. The van der Waals surface area contributed by atoms with E-state index >= 15 is 0 Å². The first-order valence-corrected chi connectivity index (χ1v) is 17.6. The maximum absolute atomic E-state index is 13.7. The lowest BCUT2D eigenvalue weighted by Crippen LogP contribution is -2.43. The van der Waals surface area contributed by atoms with Gasteiger partial charge in [0.1, 0.15) is 23.1 Å². The molecule has 14 heteroatoms. The molecule has 5 heterocycles. The zero-order valence-corrected chi connectivity index (χ0v) is 26.4. The summed E-state index contributed by atoms with van der Waals surface area (Å²) in [4.78, 5) is 28.4. The van der Waals surface area contributed by atoms with Gasteiger partial charge in [0.05, 0.1) is 30.2 Å². The van der Waals surface area contributed by atoms with Crippen LogP contribution in [0.3, 0.4) is 0 Å². The Balaban J connectivity index is 0.958. The van der Waals surface area contributed by atoms with Gasteiger partial charge in [-0.05, 0) is 56.4 Å². The summed E-state index contributed by atoms with van der Waals surface area (Å²) in [5, 5.41) is 4.37. The lowest BCUT2D eigenvalue weighted by atomic mass is 9.85. The number of fused-ring (bicyclic) bond motifs is 2. The first-order valence-electron chi connectivity index (χ1n) is 15.8. The number of nitrogens with one attached hydrogen (secondary N) is 1. The molecule has 3 aromatic heterocycles. The van der Waals surface area contributed by atoms with Crippen molar-refractivity contribution in [3.05, 3.63) is 60.4 Å². The van der Waals surface area contributed by atoms with Gasteiger partial charge in [0.25, 0.3) is 5.92 Å². The third-order valence-electron chi connectivity index (χ3n) is 9.36. The van der Waals surface area contributed by atoms with Crippen LogP contribution in [0, 0.1) is 11.8 Å². The van der Waals surface area contributed by atoms with Gasteiger partial charge in [-0.2, -0.15) is 13.8 Å². The average Bonchev–Trinajstić information content (AvgIpc) is 3.76. The van der Waals surface area contributed by atoms with E-state index in [4.69, 9.17) is 9.72 Å². The van der Waals surface area contributed by atoms with Gasteiger partial charge in [-0.3, -0.25) is 4.79 Å². The van der Waals surface area contributed by atoms with Crippen molar-refractivity contribution in [2.45, 2.75) is 64.1 Å². The summed E-state index contributed by atoms with van der Waals surface area (Å²) in [5.74, 6) is -0.226. The number of alkyl halides is 2. The van der Waals surface area contributed by atoms with Crippen molar-refractivity contribution in [1.82, 2.24) is 29.0 Å². The number of rotatable bonds is 8. The highest BCUT2D eigenvalue weighted by atomic mass is 32.2. The number of anilines is 1. The number of hydrogen-bond donors (Lipinski definition) is 1. The number of hydrogen-bond acceptors (Lipinski definition) is 8. The van der Waals surface area contributed by atoms with Gasteiger partial charge in [0.2, 0.25) is 11.9 Å². The fourth-order valence-electron chi connectivity index (χ4n) is 6.81. The topological polar surface area (TPSA) is 124 Å². The summed E-state index contributed by atoms with van der Waals surface area (Å²) in [6, 6.07) is 9.73.